The van der Waals surface area contributed by atoms with Gasteiger partial charge in [0.15, 0.2) is 11.6 Å². The van der Waals surface area contributed by atoms with Crippen LogP contribution in [0.1, 0.15) is 18.4 Å². The Morgan fingerprint density at radius 1 is 1.25 bits per heavy atom. The first-order valence-electron chi connectivity index (χ1n) is 5.82. The van der Waals surface area contributed by atoms with Crippen molar-refractivity contribution in [2.24, 2.45) is 5.73 Å². The summed E-state index contributed by atoms with van der Waals surface area (Å²) in [6, 6.07) is 1.76. The quantitative estimate of drug-likeness (QED) is 0.684. The van der Waals surface area contributed by atoms with E-state index in [0.717, 1.165) is 17.0 Å². The van der Waals surface area contributed by atoms with Gasteiger partial charge < -0.3 is 10.6 Å². The third-order valence-corrected chi connectivity index (χ3v) is 3.19. The molecule has 2 N–H and O–H groups in total. The summed E-state index contributed by atoms with van der Waals surface area (Å²) in [7, 11) is 0. The topological polar surface area (TPSA) is 29.3 Å². The molecule has 2 nitrogen and oxygen atoms in total. The molecule has 1 aliphatic carbocycles. The number of halogens is 5. The molecule has 0 heterocycles. The maximum atomic E-state index is 13.9. The first kappa shape index (κ1) is 15.0. The lowest BCUT2D eigenvalue weighted by Crippen LogP contribution is -2.36. The minimum Gasteiger partial charge on any atom is -0.389 e. The summed E-state index contributed by atoms with van der Waals surface area (Å²) in [5.74, 6) is -2.67. The van der Waals surface area contributed by atoms with Gasteiger partial charge in [-0.1, -0.05) is 12.2 Å². The van der Waals surface area contributed by atoms with Crippen LogP contribution in [-0.4, -0.2) is 23.8 Å². The van der Waals surface area contributed by atoms with E-state index in [1.165, 1.54) is 0 Å². The molecule has 0 spiro atoms. The average molecular weight is 310 g/mol. The third kappa shape index (κ3) is 3.17. The van der Waals surface area contributed by atoms with Gasteiger partial charge >= 0.3 is 6.18 Å². The fraction of sp³-hybridized carbons (Fsp3) is 0.417. The molecule has 110 valence electrons. The maximum Gasteiger partial charge on any atom is 0.405 e. The van der Waals surface area contributed by atoms with Gasteiger partial charge in [0.25, 0.3) is 0 Å². The Hall–Kier alpha value is -1.44. The van der Waals surface area contributed by atoms with Gasteiger partial charge in [0.1, 0.15) is 11.5 Å². The lowest BCUT2D eigenvalue weighted by molar-refractivity contribution is -0.120. The van der Waals surface area contributed by atoms with Crippen LogP contribution in [0.15, 0.2) is 12.1 Å². The van der Waals surface area contributed by atoms with E-state index in [-0.39, 0.29) is 10.6 Å². The molecule has 2 rings (SSSR count). The number of hydrogen-bond acceptors (Lipinski definition) is 2. The zero-order valence-corrected chi connectivity index (χ0v) is 11.0. The van der Waals surface area contributed by atoms with Gasteiger partial charge in [-0.3, -0.25) is 0 Å². The highest BCUT2D eigenvalue weighted by atomic mass is 32.1. The second-order valence-electron chi connectivity index (χ2n) is 4.60. The summed E-state index contributed by atoms with van der Waals surface area (Å²) >= 11 is 4.55. The number of nitrogens with two attached hydrogens (primary N) is 1. The van der Waals surface area contributed by atoms with Crippen LogP contribution in [-0.2, 0) is 0 Å². The highest BCUT2D eigenvalue weighted by Gasteiger charge is 2.39. The van der Waals surface area contributed by atoms with Crippen LogP contribution in [0.25, 0.3) is 0 Å². The summed E-state index contributed by atoms with van der Waals surface area (Å²) in [5, 5.41) is 0. The Balaban J connectivity index is 2.39. The first-order chi connectivity index (χ1) is 9.20. The van der Waals surface area contributed by atoms with Crippen LogP contribution in [0.2, 0.25) is 0 Å². The van der Waals surface area contributed by atoms with E-state index >= 15 is 0 Å². The molecule has 0 saturated heterocycles. The molecule has 0 radical (unpaired) electrons. The van der Waals surface area contributed by atoms with E-state index in [4.69, 9.17) is 5.73 Å². The zero-order valence-electron chi connectivity index (χ0n) is 10.2. The predicted octanol–water partition coefficient (Wildman–Crippen LogP) is 3.13. The lowest BCUT2D eigenvalue weighted by atomic mass is 10.1. The number of anilines is 1. The predicted molar refractivity (Wildman–Crippen MR) is 68.7 cm³/mol. The molecule has 0 bridgehead atoms. The number of rotatable bonds is 4. The van der Waals surface area contributed by atoms with Gasteiger partial charge in [-0.15, -0.1) is 0 Å². The van der Waals surface area contributed by atoms with E-state index in [1.807, 2.05) is 0 Å². The van der Waals surface area contributed by atoms with Crippen LogP contribution in [0.4, 0.5) is 27.6 Å². The number of benzene rings is 1. The molecule has 20 heavy (non-hydrogen) atoms. The summed E-state index contributed by atoms with van der Waals surface area (Å²) in [6.45, 7) is -1.32. The SMILES string of the molecule is NC(=S)c1ccc(N(CC(F)(F)F)C2CC2)c(F)c1F. The molecular formula is C12H11F5N2S. The molecule has 0 amide bonds. The average Bonchev–Trinajstić information content (AvgIpc) is 3.12. The minimum absolute atomic E-state index is 0.316. The number of hydrogen-bond donors (Lipinski definition) is 1. The highest BCUT2D eigenvalue weighted by Crippen LogP contribution is 2.36. The van der Waals surface area contributed by atoms with E-state index < -0.39 is 36.1 Å². The van der Waals surface area contributed by atoms with Crippen LogP contribution < -0.4 is 10.6 Å². The van der Waals surface area contributed by atoms with Gasteiger partial charge in [-0.25, -0.2) is 8.78 Å². The zero-order chi connectivity index (χ0) is 15.1. The van der Waals surface area contributed by atoms with Crippen molar-refractivity contribution in [3.8, 4) is 0 Å². The standard InChI is InChI=1S/C12H11F5N2S/c13-9-7(11(18)20)3-4-8(10(9)14)19(6-1-2-6)5-12(15,16)17/h3-4,6H,1-2,5H2,(H2,18,20). The summed E-state index contributed by atoms with van der Waals surface area (Å²) < 4.78 is 65.2. The van der Waals surface area contributed by atoms with E-state index in [9.17, 15) is 22.0 Å². The molecule has 1 fully saturated rings. The van der Waals surface area contributed by atoms with Crippen molar-refractivity contribution in [3.05, 3.63) is 29.3 Å². The molecule has 0 unspecified atom stereocenters. The van der Waals surface area contributed by atoms with E-state index in [1.54, 1.807) is 0 Å². The van der Waals surface area contributed by atoms with Gasteiger partial charge in [-0.05, 0) is 25.0 Å². The van der Waals surface area contributed by atoms with Crippen molar-refractivity contribution >= 4 is 22.9 Å². The van der Waals surface area contributed by atoms with Crippen molar-refractivity contribution in [2.75, 3.05) is 11.4 Å². The Morgan fingerprint density at radius 2 is 1.85 bits per heavy atom. The maximum absolute atomic E-state index is 13.9. The Morgan fingerprint density at radius 3 is 2.30 bits per heavy atom. The molecule has 0 aliphatic heterocycles. The number of thiocarbonyl (C=S) groups is 1. The van der Waals surface area contributed by atoms with E-state index in [2.05, 4.69) is 12.2 Å². The minimum atomic E-state index is -4.49. The van der Waals surface area contributed by atoms with Gasteiger partial charge in [0, 0.05) is 11.6 Å². The summed E-state index contributed by atoms with van der Waals surface area (Å²) in [6.07, 6.45) is -3.45. The van der Waals surface area contributed by atoms with Gasteiger partial charge in [0.05, 0.1) is 5.69 Å². The fourth-order valence-electron chi connectivity index (χ4n) is 1.94. The Labute approximate surface area is 117 Å². The Kier molecular flexibility index (Phi) is 3.86. The molecule has 1 aliphatic rings. The first-order valence-corrected chi connectivity index (χ1v) is 6.22. The van der Waals surface area contributed by atoms with Crippen LogP contribution in [0.3, 0.4) is 0 Å². The van der Waals surface area contributed by atoms with Gasteiger partial charge in [0.2, 0.25) is 0 Å². The second kappa shape index (κ2) is 5.16. The molecular weight excluding hydrogens is 299 g/mol. The van der Waals surface area contributed by atoms with Gasteiger partial charge in [-0.2, -0.15) is 13.2 Å². The van der Waals surface area contributed by atoms with Crippen molar-refractivity contribution in [3.63, 3.8) is 0 Å². The fourth-order valence-corrected chi connectivity index (χ4v) is 2.10. The van der Waals surface area contributed by atoms with Crippen molar-refractivity contribution < 1.29 is 22.0 Å². The van der Waals surface area contributed by atoms with Crippen LogP contribution in [0.5, 0.6) is 0 Å². The van der Waals surface area contributed by atoms with E-state index in [0.29, 0.717) is 12.8 Å². The normalized spacial score (nSPS) is 15.2. The molecule has 0 aromatic heterocycles. The monoisotopic (exact) mass is 310 g/mol. The second-order valence-corrected chi connectivity index (χ2v) is 5.04. The molecule has 8 heteroatoms. The molecule has 1 saturated carbocycles. The third-order valence-electron chi connectivity index (χ3n) is 2.97. The largest absolute Gasteiger partial charge is 0.405 e. The smallest absolute Gasteiger partial charge is 0.389 e. The molecule has 1 aromatic rings. The summed E-state index contributed by atoms with van der Waals surface area (Å²) in [4.78, 5) is 0.489. The summed E-state index contributed by atoms with van der Waals surface area (Å²) in [5.41, 5.74) is 4.48. The number of alkyl halides is 3. The van der Waals surface area contributed by atoms with Crippen molar-refractivity contribution in [1.29, 1.82) is 0 Å². The highest BCUT2D eigenvalue weighted by molar-refractivity contribution is 7.80. The van der Waals surface area contributed by atoms with Crippen molar-refractivity contribution in [2.45, 2.75) is 25.1 Å². The van der Waals surface area contributed by atoms with Crippen LogP contribution in [0, 0.1) is 11.6 Å². The molecule has 1 aromatic carbocycles. The molecule has 0 atom stereocenters. The lowest BCUT2D eigenvalue weighted by Gasteiger charge is -2.26. The number of nitrogens with zero attached hydrogens (tertiary/aromatic N) is 1. The van der Waals surface area contributed by atoms with Crippen LogP contribution >= 0.6 is 12.2 Å². The Bertz CT molecular complexity index is 539. The van der Waals surface area contributed by atoms with Crippen molar-refractivity contribution in [1.82, 2.24) is 0 Å².